The highest BCUT2D eigenvalue weighted by atomic mass is 32.1. The highest BCUT2D eigenvalue weighted by molar-refractivity contribution is 7.16. The maximum absolute atomic E-state index is 12.4. The van der Waals surface area contributed by atoms with Crippen molar-refractivity contribution in [2.24, 2.45) is 4.99 Å². The number of rotatable bonds is 5. The summed E-state index contributed by atoms with van der Waals surface area (Å²) in [5.74, 6) is 0.233. The van der Waals surface area contributed by atoms with E-state index in [4.69, 9.17) is 4.98 Å². The Bertz CT molecular complexity index is 1360. The van der Waals surface area contributed by atoms with Crippen LogP contribution in [-0.2, 0) is 0 Å². The summed E-state index contributed by atoms with van der Waals surface area (Å²) in [7, 11) is 3.71. The Labute approximate surface area is 184 Å². The zero-order valence-corrected chi connectivity index (χ0v) is 18.1. The summed E-state index contributed by atoms with van der Waals surface area (Å²) < 4.78 is 1.05. The Hall–Kier alpha value is -3.89. The van der Waals surface area contributed by atoms with E-state index in [-0.39, 0.29) is 5.78 Å². The lowest BCUT2D eigenvalue weighted by atomic mass is 9.95. The number of thiazole rings is 1. The van der Waals surface area contributed by atoms with E-state index >= 15 is 0 Å². The molecule has 4 rings (SSSR count). The molecule has 152 valence electrons. The summed E-state index contributed by atoms with van der Waals surface area (Å²) >= 11 is 1.56. The second-order valence-electron chi connectivity index (χ2n) is 7.25. The zero-order valence-electron chi connectivity index (χ0n) is 17.3. The average Bonchev–Trinajstić information content (AvgIpc) is 3.25. The molecule has 2 heterocycles. The van der Waals surface area contributed by atoms with E-state index in [2.05, 4.69) is 16.0 Å². The third-order valence-corrected chi connectivity index (χ3v) is 5.49. The Kier molecular flexibility index (Phi) is 5.56. The lowest BCUT2D eigenvalue weighted by molar-refractivity contribution is 0.101. The van der Waals surface area contributed by atoms with Gasteiger partial charge in [0.25, 0.3) is 0 Å². The molecule has 0 saturated heterocycles. The summed E-state index contributed by atoms with van der Waals surface area (Å²) in [6, 6.07) is 17.3. The fraction of sp³-hybridized carbons (Fsp3) is 0.125. The van der Waals surface area contributed by atoms with E-state index in [0.717, 1.165) is 26.9 Å². The van der Waals surface area contributed by atoms with Crippen LogP contribution in [0.2, 0.25) is 0 Å². The first-order valence-electron chi connectivity index (χ1n) is 9.57. The van der Waals surface area contributed by atoms with Crippen LogP contribution in [0.25, 0.3) is 32.6 Å². The standard InChI is InChI=1S/C24H19N5OS/c1-15(30)19-11-20(17-7-8-21-22(10-17)31-14-27-21)23(28-24(19)26-13-29(2)3)18-6-4-5-16(9-18)12-25/h4-11,13-14H,1-3H3/b26-13+. The van der Waals surface area contributed by atoms with Gasteiger partial charge < -0.3 is 4.90 Å². The van der Waals surface area contributed by atoms with Crippen molar-refractivity contribution in [2.75, 3.05) is 14.1 Å². The third-order valence-electron chi connectivity index (χ3n) is 4.70. The number of nitrogens with zero attached hydrogens (tertiary/aromatic N) is 5. The molecule has 4 aromatic rings. The van der Waals surface area contributed by atoms with Gasteiger partial charge >= 0.3 is 0 Å². The highest BCUT2D eigenvalue weighted by Gasteiger charge is 2.18. The van der Waals surface area contributed by atoms with Gasteiger partial charge in [0.15, 0.2) is 11.6 Å². The minimum atomic E-state index is -0.115. The monoisotopic (exact) mass is 425 g/mol. The fourth-order valence-electron chi connectivity index (χ4n) is 3.23. The number of aromatic nitrogens is 2. The molecule has 0 aliphatic carbocycles. The van der Waals surface area contributed by atoms with E-state index < -0.39 is 0 Å². The van der Waals surface area contributed by atoms with Crippen LogP contribution in [-0.4, -0.2) is 41.1 Å². The molecule has 0 fully saturated rings. The molecule has 0 unspecified atom stereocenters. The number of ketones is 1. The maximum Gasteiger partial charge on any atom is 0.165 e. The van der Waals surface area contributed by atoms with Crippen LogP contribution >= 0.6 is 11.3 Å². The number of Topliss-reactive ketones (excluding diaryl/α,β-unsaturated/α-hetero) is 1. The second kappa shape index (κ2) is 8.46. The highest BCUT2D eigenvalue weighted by Crippen LogP contribution is 2.36. The second-order valence-corrected chi connectivity index (χ2v) is 8.13. The van der Waals surface area contributed by atoms with Gasteiger partial charge in [-0.05, 0) is 42.8 Å². The van der Waals surface area contributed by atoms with Crippen LogP contribution in [0.15, 0.2) is 59.0 Å². The van der Waals surface area contributed by atoms with E-state index in [1.165, 1.54) is 6.92 Å². The minimum Gasteiger partial charge on any atom is -0.369 e. The molecule has 0 aliphatic heterocycles. The Morgan fingerprint density at radius 3 is 2.74 bits per heavy atom. The van der Waals surface area contributed by atoms with Crippen LogP contribution in [0.4, 0.5) is 5.82 Å². The van der Waals surface area contributed by atoms with Crippen molar-refractivity contribution in [2.45, 2.75) is 6.92 Å². The number of benzene rings is 2. The predicted octanol–water partition coefficient (Wildman–Crippen LogP) is 5.32. The van der Waals surface area contributed by atoms with Crippen LogP contribution in [0.5, 0.6) is 0 Å². The molecule has 0 saturated carbocycles. The summed E-state index contributed by atoms with van der Waals surface area (Å²) in [6.07, 6.45) is 1.62. The molecule has 0 spiro atoms. The van der Waals surface area contributed by atoms with Crippen molar-refractivity contribution in [1.82, 2.24) is 14.9 Å². The van der Waals surface area contributed by atoms with E-state index in [9.17, 15) is 10.1 Å². The molecular weight excluding hydrogens is 406 g/mol. The topological polar surface area (TPSA) is 82.2 Å². The summed E-state index contributed by atoms with van der Waals surface area (Å²) in [6.45, 7) is 1.51. The van der Waals surface area contributed by atoms with E-state index in [1.54, 1.807) is 34.7 Å². The van der Waals surface area contributed by atoms with Gasteiger partial charge in [0.1, 0.15) is 0 Å². The van der Waals surface area contributed by atoms with Crippen molar-refractivity contribution < 1.29 is 4.79 Å². The maximum atomic E-state index is 12.4. The molecule has 7 heteroatoms. The molecule has 2 aromatic heterocycles. The Morgan fingerprint density at radius 1 is 1.16 bits per heavy atom. The van der Waals surface area contributed by atoms with Crippen molar-refractivity contribution in [3.8, 4) is 28.5 Å². The third kappa shape index (κ3) is 4.20. The molecule has 0 amide bonds. The van der Waals surface area contributed by atoms with Crippen molar-refractivity contribution >= 4 is 39.5 Å². The molecule has 0 bridgehead atoms. The molecule has 0 atom stereocenters. The number of aliphatic imine (C=N–C) groups is 1. The van der Waals surface area contributed by atoms with Crippen LogP contribution < -0.4 is 0 Å². The predicted molar refractivity (Wildman–Crippen MR) is 125 cm³/mol. The van der Waals surface area contributed by atoms with Gasteiger partial charge in [-0.25, -0.2) is 15.0 Å². The van der Waals surface area contributed by atoms with Crippen molar-refractivity contribution in [3.05, 3.63) is 65.2 Å². The number of hydrogen-bond donors (Lipinski definition) is 0. The first kappa shape index (κ1) is 20.4. The number of carbonyl (C=O) groups excluding carboxylic acids is 1. The first-order valence-corrected chi connectivity index (χ1v) is 10.4. The largest absolute Gasteiger partial charge is 0.369 e. The SMILES string of the molecule is CC(=O)c1cc(-c2ccc3ncsc3c2)c(-c2cccc(C#N)c2)nc1/N=C/N(C)C. The molecular formula is C24H19N5OS. The van der Waals surface area contributed by atoms with Gasteiger partial charge in [-0.15, -0.1) is 11.3 Å². The number of pyridine rings is 1. The van der Waals surface area contributed by atoms with E-state index in [0.29, 0.717) is 22.6 Å². The van der Waals surface area contributed by atoms with Gasteiger partial charge in [0.2, 0.25) is 0 Å². The normalized spacial score (nSPS) is 11.0. The summed E-state index contributed by atoms with van der Waals surface area (Å²) in [5.41, 5.74) is 6.89. The summed E-state index contributed by atoms with van der Waals surface area (Å²) in [5, 5.41) is 9.36. The first-order chi connectivity index (χ1) is 15.0. The number of carbonyl (C=O) groups is 1. The van der Waals surface area contributed by atoms with Crippen LogP contribution in [0.1, 0.15) is 22.8 Å². The van der Waals surface area contributed by atoms with Crippen LogP contribution in [0, 0.1) is 11.3 Å². The minimum absolute atomic E-state index is 0.115. The molecule has 0 aliphatic rings. The zero-order chi connectivity index (χ0) is 22.0. The average molecular weight is 426 g/mol. The lowest BCUT2D eigenvalue weighted by Crippen LogP contribution is -2.08. The summed E-state index contributed by atoms with van der Waals surface area (Å²) in [4.78, 5) is 27.8. The number of fused-ring (bicyclic) bond motifs is 1. The smallest absolute Gasteiger partial charge is 0.165 e. The fourth-order valence-corrected chi connectivity index (χ4v) is 3.95. The molecule has 31 heavy (non-hydrogen) atoms. The molecule has 2 aromatic carbocycles. The van der Waals surface area contributed by atoms with Gasteiger partial charge in [-0.3, -0.25) is 4.79 Å². The Morgan fingerprint density at radius 2 is 2.00 bits per heavy atom. The number of hydrogen-bond acceptors (Lipinski definition) is 6. The van der Waals surface area contributed by atoms with E-state index in [1.807, 2.05) is 56.0 Å². The van der Waals surface area contributed by atoms with Gasteiger partial charge in [-0.2, -0.15) is 5.26 Å². The Balaban J connectivity index is 2.01. The van der Waals surface area contributed by atoms with Gasteiger partial charge in [0, 0.05) is 25.2 Å². The van der Waals surface area contributed by atoms with Gasteiger partial charge in [-0.1, -0.05) is 18.2 Å². The quantitative estimate of drug-likeness (QED) is 0.245. The molecule has 6 nitrogen and oxygen atoms in total. The lowest BCUT2D eigenvalue weighted by Gasteiger charge is -2.14. The number of nitriles is 1. The molecule has 0 radical (unpaired) electrons. The van der Waals surface area contributed by atoms with Crippen LogP contribution in [0.3, 0.4) is 0 Å². The van der Waals surface area contributed by atoms with Gasteiger partial charge in [0.05, 0.1) is 45.0 Å². The van der Waals surface area contributed by atoms with Crippen molar-refractivity contribution in [3.63, 3.8) is 0 Å². The molecule has 0 N–H and O–H groups in total. The van der Waals surface area contributed by atoms with Crippen molar-refractivity contribution in [1.29, 1.82) is 5.26 Å².